The first-order valence-electron chi connectivity index (χ1n) is 4.89. The Balaban J connectivity index is 2.15. The Morgan fingerprint density at radius 3 is 2.93 bits per heavy atom. The van der Waals surface area contributed by atoms with Crippen LogP contribution in [0.1, 0.15) is 28.6 Å². The first-order chi connectivity index (χ1) is 6.68. The highest BCUT2D eigenvalue weighted by molar-refractivity contribution is 7.10. The fraction of sp³-hybridized carbons (Fsp3) is 0.545. The molecule has 76 valence electrons. The van der Waals surface area contributed by atoms with Gasteiger partial charge in [-0.05, 0) is 25.3 Å². The average Bonchev–Trinajstić information content (AvgIpc) is 2.73. The van der Waals surface area contributed by atoms with Crippen molar-refractivity contribution >= 4 is 17.1 Å². The van der Waals surface area contributed by atoms with Crippen molar-refractivity contribution in [1.82, 2.24) is 0 Å². The van der Waals surface area contributed by atoms with E-state index in [1.165, 1.54) is 4.88 Å². The number of carbonyl (C=O) groups excluding carboxylic acids is 1. The predicted molar refractivity (Wildman–Crippen MR) is 56.9 cm³/mol. The zero-order valence-electron chi connectivity index (χ0n) is 8.45. The van der Waals surface area contributed by atoms with E-state index in [1.807, 2.05) is 18.4 Å². The second kappa shape index (κ2) is 3.83. The molecular formula is C11H14O2S. The highest BCUT2D eigenvalue weighted by atomic mass is 32.1. The molecule has 2 nitrogen and oxygen atoms in total. The third-order valence-electron chi connectivity index (χ3n) is 2.66. The lowest BCUT2D eigenvalue weighted by Gasteiger charge is -2.11. The highest BCUT2D eigenvalue weighted by Crippen LogP contribution is 2.25. The SMILES string of the molecule is Cc1cc(C(=O)C2OCCC2C)cs1. The molecule has 2 atom stereocenters. The summed E-state index contributed by atoms with van der Waals surface area (Å²) in [5, 5.41) is 1.92. The van der Waals surface area contributed by atoms with Crippen LogP contribution in [0.4, 0.5) is 0 Å². The molecule has 2 unspecified atom stereocenters. The van der Waals surface area contributed by atoms with Gasteiger partial charge in [0, 0.05) is 22.4 Å². The van der Waals surface area contributed by atoms with Gasteiger partial charge in [-0.3, -0.25) is 4.79 Å². The molecule has 0 saturated carbocycles. The maximum Gasteiger partial charge on any atom is 0.192 e. The van der Waals surface area contributed by atoms with Crippen LogP contribution in [0.25, 0.3) is 0 Å². The Bertz CT molecular complexity index is 343. The molecule has 0 radical (unpaired) electrons. The van der Waals surface area contributed by atoms with Gasteiger partial charge < -0.3 is 4.74 Å². The number of ketones is 1. The quantitative estimate of drug-likeness (QED) is 0.701. The molecule has 1 aromatic rings. The van der Waals surface area contributed by atoms with E-state index < -0.39 is 0 Å². The molecule has 2 heterocycles. The average molecular weight is 210 g/mol. The highest BCUT2D eigenvalue weighted by Gasteiger charge is 2.31. The van der Waals surface area contributed by atoms with Gasteiger partial charge >= 0.3 is 0 Å². The minimum absolute atomic E-state index is 0.152. The van der Waals surface area contributed by atoms with E-state index in [1.54, 1.807) is 11.3 Å². The van der Waals surface area contributed by atoms with Crippen molar-refractivity contribution in [1.29, 1.82) is 0 Å². The zero-order chi connectivity index (χ0) is 10.1. The predicted octanol–water partition coefficient (Wildman–Crippen LogP) is 2.66. The summed E-state index contributed by atoms with van der Waals surface area (Å²) in [6, 6.07) is 1.95. The van der Waals surface area contributed by atoms with Crippen LogP contribution < -0.4 is 0 Å². The van der Waals surface area contributed by atoms with Crippen molar-refractivity contribution in [3.8, 4) is 0 Å². The smallest absolute Gasteiger partial charge is 0.192 e. The Labute approximate surface area is 87.9 Å². The first-order valence-corrected chi connectivity index (χ1v) is 5.77. The number of ether oxygens (including phenoxy) is 1. The Morgan fingerprint density at radius 1 is 1.64 bits per heavy atom. The summed E-state index contributed by atoms with van der Waals surface area (Å²) in [6.45, 7) is 4.82. The summed E-state index contributed by atoms with van der Waals surface area (Å²) in [4.78, 5) is 13.1. The van der Waals surface area contributed by atoms with Crippen LogP contribution in [0, 0.1) is 12.8 Å². The van der Waals surface area contributed by atoms with Crippen LogP contribution in [0.2, 0.25) is 0 Å². The number of aryl methyl sites for hydroxylation is 1. The lowest BCUT2D eigenvalue weighted by atomic mass is 9.97. The molecule has 1 fully saturated rings. The third kappa shape index (κ3) is 1.74. The van der Waals surface area contributed by atoms with E-state index in [2.05, 4.69) is 6.92 Å². The molecule has 1 aliphatic rings. The normalized spacial score (nSPS) is 26.7. The number of hydrogen-bond donors (Lipinski definition) is 0. The van der Waals surface area contributed by atoms with Gasteiger partial charge in [0.15, 0.2) is 5.78 Å². The van der Waals surface area contributed by atoms with Crippen LogP contribution in [-0.4, -0.2) is 18.5 Å². The minimum atomic E-state index is -0.205. The van der Waals surface area contributed by atoms with Gasteiger partial charge in [0.05, 0.1) is 0 Å². The maximum atomic E-state index is 12.0. The molecule has 0 aromatic carbocycles. The molecule has 0 bridgehead atoms. The minimum Gasteiger partial charge on any atom is -0.370 e. The van der Waals surface area contributed by atoms with Gasteiger partial charge in [0.25, 0.3) is 0 Å². The lowest BCUT2D eigenvalue weighted by Crippen LogP contribution is -2.24. The second-order valence-electron chi connectivity index (χ2n) is 3.87. The van der Waals surface area contributed by atoms with E-state index >= 15 is 0 Å². The van der Waals surface area contributed by atoms with Crippen LogP contribution in [0.15, 0.2) is 11.4 Å². The van der Waals surface area contributed by atoms with Gasteiger partial charge in [-0.25, -0.2) is 0 Å². The van der Waals surface area contributed by atoms with E-state index in [4.69, 9.17) is 4.74 Å². The largest absolute Gasteiger partial charge is 0.370 e. The van der Waals surface area contributed by atoms with Crippen molar-refractivity contribution in [3.63, 3.8) is 0 Å². The van der Waals surface area contributed by atoms with Crippen LogP contribution in [0.5, 0.6) is 0 Å². The van der Waals surface area contributed by atoms with Crippen LogP contribution in [0.3, 0.4) is 0 Å². The summed E-state index contributed by atoms with van der Waals surface area (Å²) in [5.74, 6) is 0.516. The van der Waals surface area contributed by atoms with Gasteiger partial charge in [-0.15, -0.1) is 11.3 Å². The Hall–Kier alpha value is -0.670. The number of hydrogen-bond acceptors (Lipinski definition) is 3. The molecule has 2 rings (SSSR count). The number of rotatable bonds is 2. The number of thiophene rings is 1. The number of carbonyl (C=O) groups is 1. The third-order valence-corrected chi connectivity index (χ3v) is 3.52. The van der Waals surface area contributed by atoms with E-state index in [-0.39, 0.29) is 11.9 Å². The van der Waals surface area contributed by atoms with Crippen molar-refractivity contribution in [2.24, 2.45) is 5.92 Å². The van der Waals surface area contributed by atoms with Crippen molar-refractivity contribution in [3.05, 3.63) is 21.9 Å². The van der Waals surface area contributed by atoms with E-state index in [0.717, 1.165) is 18.6 Å². The fourth-order valence-corrected chi connectivity index (χ4v) is 2.46. The Morgan fingerprint density at radius 2 is 2.43 bits per heavy atom. The standard InChI is InChI=1S/C11H14O2S/c1-7-3-4-13-11(7)10(12)9-5-8(2)14-6-9/h5-7,11H,3-4H2,1-2H3. The topological polar surface area (TPSA) is 26.3 Å². The molecule has 1 aromatic heterocycles. The number of Topliss-reactive ketones (excluding diaryl/α,β-unsaturated/α-hetero) is 1. The van der Waals surface area contributed by atoms with Crippen molar-refractivity contribution in [2.75, 3.05) is 6.61 Å². The molecule has 1 aliphatic heterocycles. The molecule has 0 amide bonds. The molecule has 0 aliphatic carbocycles. The summed E-state index contributed by atoms with van der Waals surface area (Å²) in [6.07, 6.45) is 0.795. The summed E-state index contributed by atoms with van der Waals surface area (Å²) in [7, 11) is 0. The second-order valence-corrected chi connectivity index (χ2v) is 4.98. The van der Waals surface area contributed by atoms with Gasteiger partial charge in [0.1, 0.15) is 6.10 Å². The van der Waals surface area contributed by atoms with E-state index in [9.17, 15) is 4.79 Å². The molecule has 3 heteroatoms. The molecule has 1 saturated heterocycles. The fourth-order valence-electron chi connectivity index (χ4n) is 1.77. The summed E-state index contributed by atoms with van der Waals surface area (Å²) < 4.78 is 5.45. The maximum absolute atomic E-state index is 12.0. The molecule has 0 spiro atoms. The van der Waals surface area contributed by atoms with Crippen molar-refractivity contribution in [2.45, 2.75) is 26.4 Å². The molecule has 14 heavy (non-hydrogen) atoms. The van der Waals surface area contributed by atoms with Gasteiger partial charge in [0.2, 0.25) is 0 Å². The zero-order valence-corrected chi connectivity index (χ0v) is 9.26. The lowest BCUT2D eigenvalue weighted by molar-refractivity contribution is 0.0580. The van der Waals surface area contributed by atoms with Crippen LogP contribution >= 0.6 is 11.3 Å². The Kier molecular flexibility index (Phi) is 2.70. The van der Waals surface area contributed by atoms with Gasteiger partial charge in [-0.1, -0.05) is 6.92 Å². The van der Waals surface area contributed by atoms with Crippen molar-refractivity contribution < 1.29 is 9.53 Å². The van der Waals surface area contributed by atoms with E-state index in [0.29, 0.717) is 5.92 Å². The summed E-state index contributed by atoms with van der Waals surface area (Å²) in [5.41, 5.74) is 0.811. The molecule has 0 N–H and O–H groups in total. The first kappa shape index (κ1) is 9.87. The monoisotopic (exact) mass is 210 g/mol. The summed E-state index contributed by atoms with van der Waals surface area (Å²) >= 11 is 1.62. The van der Waals surface area contributed by atoms with Crippen LogP contribution in [-0.2, 0) is 4.74 Å². The van der Waals surface area contributed by atoms with Gasteiger partial charge in [-0.2, -0.15) is 0 Å². The molecular weight excluding hydrogens is 196 g/mol.